The normalized spacial score (nSPS) is 11.2. The Morgan fingerprint density at radius 2 is 2.05 bits per heavy atom. The lowest BCUT2D eigenvalue weighted by Crippen LogP contribution is -2.27. The number of benzene rings is 1. The maximum atomic E-state index is 12.1. The van der Waals surface area contributed by atoms with Crippen LogP contribution in [0, 0.1) is 0 Å². The number of amides is 1. The number of carbonyl (C=O) groups is 1. The highest BCUT2D eigenvalue weighted by atomic mass is 16.2. The topological polar surface area (TPSA) is 37.3 Å². The predicted octanol–water partition coefficient (Wildman–Crippen LogP) is 2.32. The van der Waals surface area contributed by atoms with E-state index < -0.39 is 0 Å². The molecule has 102 valence electrons. The molecule has 0 aliphatic rings. The highest BCUT2D eigenvalue weighted by molar-refractivity contribution is 5.93. The van der Waals surface area contributed by atoms with E-state index in [1.54, 1.807) is 4.57 Å². The first-order chi connectivity index (χ1) is 9.13. The Bertz CT molecular complexity index is 572. The van der Waals surface area contributed by atoms with Gasteiger partial charge in [-0.3, -0.25) is 4.57 Å². The Balaban J connectivity index is 2.39. The van der Waals surface area contributed by atoms with Gasteiger partial charge >= 0.3 is 6.03 Å². The van der Waals surface area contributed by atoms with Crippen LogP contribution < -0.4 is 5.32 Å². The zero-order valence-electron chi connectivity index (χ0n) is 11.8. The van der Waals surface area contributed by atoms with Crippen molar-refractivity contribution in [1.29, 1.82) is 0 Å². The van der Waals surface area contributed by atoms with Gasteiger partial charge < -0.3 is 10.2 Å². The van der Waals surface area contributed by atoms with Gasteiger partial charge in [-0.2, -0.15) is 0 Å². The van der Waals surface area contributed by atoms with E-state index in [0.29, 0.717) is 6.54 Å². The van der Waals surface area contributed by atoms with Crippen LogP contribution in [-0.4, -0.2) is 42.7 Å². The molecule has 0 spiro atoms. The number of nitrogens with one attached hydrogen (secondary N) is 1. The fourth-order valence-corrected chi connectivity index (χ4v) is 2.20. The maximum absolute atomic E-state index is 12.1. The largest absolute Gasteiger partial charge is 0.338 e. The number of fused-ring (bicyclic) bond motifs is 1. The lowest BCUT2D eigenvalue weighted by molar-refractivity contribution is 0.244. The van der Waals surface area contributed by atoms with Crippen molar-refractivity contribution in [3.63, 3.8) is 0 Å². The molecule has 0 aliphatic heterocycles. The zero-order chi connectivity index (χ0) is 13.8. The van der Waals surface area contributed by atoms with Crippen molar-refractivity contribution in [3.05, 3.63) is 36.0 Å². The van der Waals surface area contributed by atoms with E-state index in [2.05, 4.69) is 30.4 Å². The molecule has 0 aliphatic carbocycles. The van der Waals surface area contributed by atoms with Crippen molar-refractivity contribution in [3.8, 4) is 0 Å². The van der Waals surface area contributed by atoms with E-state index in [0.717, 1.165) is 23.9 Å². The minimum atomic E-state index is -0.0604. The molecule has 2 rings (SSSR count). The van der Waals surface area contributed by atoms with Gasteiger partial charge in [0.1, 0.15) is 0 Å². The molecule has 0 saturated carbocycles. The molecule has 19 heavy (non-hydrogen) atoms. The van der Waals surface area contributed by atoms with Crippen LogP contribution in [0.5, 0.6) is 0 Å². The molecule has 1 N–H and O–H groups in total. The minimum Gasteiger partial charge on any atom is -0.338 e. The molecule has 0 unspecified atom stereocenters. The summed E-state index contributed by atoms with van der Waals surface area (Å²) in [7, 11) is 4.12. The van der Waals surface area contributed by atoms with Crippen LogP contribution in [0.4, 0.5) is 4.79 Å². The molecule has 1 aromatic heterocycles. The van der Waals surface area contributed by atoms with E-state index in [4.69, 9.17) is 0 Å². The summed E-state index contributed by atoms with van der Waals surface area (Å²) in [6, 6.07) is 7.99. The molecule has 4 heteroatoms. The fourth-order valence-electron chi connectivity index (χ4n) is 2.20. The van der Waals surface area contributed by atoms with Gasteiger partial charge in [0.2, 0.25) is 0 Å². The first kappa shape index (κ1) is 13.6. The van der Waals surface area contributed by atoms with Crippen LogP contribution >= 0.6 is 0 Å². The smallest absolute Gasteiger partial charge is 0.326 e. The van der Waals surface area contributed by atoms with Crippen molar-refractivity contribution < 1.29 is 4.79 Å². The third-order valence-electron chi connectivity index (χ3n) is 3.17. The summed E-state index contributed by atoms with van der Waals surface area (Å²) in [5.41, 5.74) is 2.19. The van der Waals surface area contributed by atoms with Crippen LogP contribution in [0.25, 0.3) is 10.9 Å². The predicted molar refractivity (Wildman–Crippen MR) is 78.7 cm³/mol. The van der Waals surface area contributed by atoms with E-state index in [-0.39, 0.29) is 6.03 Å². The van der Waals surface area contributed by atoms with E-state index >= 15 is 0 Å². The Morgan fingerprint density at radius 3 is 2.74 bits per heavy atom. The summed E-state index contributed by atoms with van der Waals surface area (Å²) in [6.07, 6.45) is 2.90. The summed E-state index contributed by atoms with van der Waals surface area (Å²) in [5, 5.41) is 4.01. The molecule has 0 saturated heterocycles. The monoisotopic (exact) mass is 259 g/mol. The van der Waals surface area contributed by atoms with E-state index in [1.165, 1.54) is 5.56 Å². The highest BCUT2D eigenvalue weighted by Crippen LogP contribution is 2.21. The van der Waals surface area contributed by atoms with Gasteiger partial charge in [0.05, 0.1) is 5.52 Å². The third kappa shape index (κ3) is 2.96. The number of rotatable bonds is 4. The van der Waals surface area contributed by atoms with Crippen molar-refractivity contribution in [2.24, 2.45) is 0 Å². The summed E-state index contributed by atoms with van der Waals surface area (Å²) in [5.74, 6) is 0. The molecule has 1 aromatic carbocycles. The SMILES string of the molecule is CCNC(=O)n1cc(CCN(C)C)c2ccccc21. The first-order valence-electron chi connectivity index (χ1n) is 6.65. The van der Waals surface area contributed by atoms with E-state index in [1.807, 2.05) is 31.3 Å². The second-order valence-electron chi connectivity index (χ2n) is 4.93. The number of nitrogens with zero attached hydrogens (tertiary/aromatic N) is 2. The van der Waals surface area contributed by atoms with Crippen molar-refractivity contribution in [2.45, 2.75) is 13.3 Å². The number of carbonyl (C=O) groups excluding carboxylic acids is 1. The molecule has 4 nitrogen and oxygen atoms in total. The Kier molecular flexibility index (Phi) is 4.22. The molecule has 0 radical (unpaired) electrons. The second kappa shape index (κ2) is 5.89. The average Bonchev–Trinajstić information content (AvgIpc) is 2.76. The molecular formula is C15H21N3O. The van der Waals surface area contributed by atoms with Crippen LogP contribution in [0.1, 0.15) is 12.5 Å². The molecule has 2 aromatic rings. The number of aromatic nitrogens is 1. The number of hydrogen-bond donors (Lipinski definition) is 1. The summed E-state index contributed by atoms with van der Waals surface area (Å²) in [4.78, 5) is 14.2. The Morgan fingerprint density at radius 1 is 1.32 bits per heavy atom. The summed E-state index contributed by atoms with van der Waals surface area (Å²) in [6.45, 7) is 3.54. The molecule has 1 heterocycles. The number of hydrogen-bond acceptors (Lipinski definition) is 2. The Hall–Kier alpha value is -1.81. The van der Waals surface area contributed by atoms with Gasteiger partial charge in [-0.05, 0) is 39.1 Å². The number of para-hydroxylation sites is 1. The Labute approximate surface area is 114 Å². The highest BCUT2D eigenvalue weighted by Gasteiger charge is 2.12. The number of likely N-dealkylation sites (N-methyl/N-ethyl adjacent to an activating group) is 1. The first-order valence-corrected chi connectivity index (χ1v) is 6.65. The van der Waals surface area contributed by atoms with Crippen LogP contribution in [0.15, 0.2) is 30.5 Å². The van der Waals surface area contributed by atoms with Crippen LogP contribution in [-0.2, 0) is 6.42 Å². The van der Waals surface area contributed by atoms with Gasteiger partial charge in [-0.15, -0.1) is 0 Å². The van der Waals surface area contributed by atoms with Gasteiger partial charge in [0, 0.05) is 24.7 Å². The quantitative estimate of drug-likeness (QED) is 0.915. The van der Waals surface area contributed by atoms with Crippen LogP contribution in [0.3, 0.4) is 0 Å². The van der Waals surface area contributed by atoms with Gasteiger partial charge in [-0.25, -0.2) is 4.79 Å². The molecule has 1 amide bonds. The third-order valence-corrected chi connectivity index (χ3v) is 3.17. The molecular weight excluding hydrogens is 238 g/mol. The lowest BCUT2D eigenvalue weighted by Gasteiger charge is -2.07. The van der Waals surface area contributed by atoms with Crippen molar-refractivity contribution in [1.82, 2.24) is 14.8 Å². The minimum absolute atomic E-state index is 0.0604. The standard InChI is InChI=1S/C15H21N3O/c1-4-16-15(19)18-11-12(9-10-17(2)3)13-7-5-6-8-14(13)18/h5-8,11H,4,9-10H2,1-3H3,(H,16,19). The average molecular weight is 259 g/mol. The fraction of sp³-hybridized carbons (Fsp3) is 0.400. The zero-order valence-corrected chi connectivity index (χ0v) is 11.8. The van der Waals surface area contributed by atoms with Crippen LogP contribution in [0.2, 0.25) is 0 Å². The lowest BCUT2D eigenvalue weighted by atomic mass is 10.1. The maximum Gasteiger partial charge on any atom is 0.326 e. The van der Waals surface area contributed by atoms with Crippen molar-refractivity contribution >= 4 is 16.9 Å². The molecule has 0 bridgehead atoms. The van der Waals surface area contributed by atoms with E-state index in [9.17, 15) is 4.79 Å². The van der Waals surface area contributed by atoms with Gasteiger partial charge in [0.15, 0.2) is 0 Å². The summed E-state index contributed by atoms with van der Waals surface area (Å²) < 4.78 is 1.71. The molecule has 0 fully saturated rings. The summed E-state index contributed by atoms with van der Waals surface area (Å²) >= 11 is 0. The van der Waals surface area contributed by atoms with Gasteiger partial charge in [0.25, 0.3) is 0 Å². The molecule has 0 atom stereocenters. The van der Waals surface area contributed by atoms with Gasteiger partial charge in [-0.1, -0.05) is 18.2 Å². The second-order valence-corrected chi connectivity index (χ2v) is 4.93. The van der Waals surface area contributed by atoms with Crippen molar-refractivity contribution in [2.75, 3.05) is 27.2 Å².